The Balaban J connectivity index is 2.49. The molecule has 1 aliphatic rings. The van der Waals surface area contributed by atoms with Crippen LogP contribution < -0.4 is 10.2 Å². The molecule has 1 atom stereocenters. The summed E-state index contributed by atoms with van der Waals surface area (Å²) in [5, 5.41) is 0. The standard InChI is InChI=1S/C12H24N2O4S2/c1-3-20(16,17)14-11(8-9-19-2)12(15)13-18-10-6-4-5-7-10/h10-11,14H,3-9H2,1-2H3,(H,13,15). The molecular formula is C12H24N2O4S2. The van der Waals surface area contributed by atoms with Crippen molar-refractivity contribution in [1.82, 2.24) is 10.2 Å². The molecule has 0 spiro atoms. The summed E-state index contributed by atoms with van der Waals surface area (Å²) < 4.78 is 25.6. The van der Waals surface area contributed by atoms with Gasteiger partial charge in [0.05, 0.1) is 11.9 Å². The number of sulfonamides is 1. The molecule has 2 N–H and O–H groups in total. The number of hydrogen-bond acceptors (Lipinski definition) is 5. The highest BCUT2D eigenvalue weighted by molar-refractivity contribution is 7.98. The molecule has 1 saturated carbocycles. The van der Waals surface area contributed by atoms with Crippen molar-refractivity contribution in [2.24, 2.45) is 0 Å². The van der Waals surface area contributed by atoms with E-state index in [1.54, 1.807) is 18.7 Å². The lowest BCUT2D eigenvalue weighted by atomic mass is 10.2. The van der Waals surface area contributed by atoms with E-state index in [0.717, 1.165) is 25.7 Å². The largest absolute Gasteiger partial charge is 0.271 e. The van der Waals surface area contributed by atoms with E-state index in [0.29, 0.717) is 12.2 Å². The van der Waals surface area contributed by atoms with Gasteiger partial charge in [-0.05, 0) is 38.2 Å². The molecule has 1 aliphatic carbocycles. The fraction of sp³-hybridized carbons (Fsp3) is 0.917. The molecule has 0 saturated heterocycles. The van der Waals surface area contributed by atoms with Crippen LogP contribution in [0.2, 0.25) is 0 Å². The second-order valence-corrected chi connectivity index (χ2v) is 7.87. The molecule has 0 aromatic carbocycles. The number of thioether (sulfide) groups is 1. The first-order valence-corrected chi connectivity index (χ1v) is 9.97. The van der Waals surface area contributed by atoms with Crippen LogP contribution in [-0.4, -0.2) is 44.2 Å². The third kappa shape index (κ3) is 6.43. The Morgan fingerprint density at radius 1 is 1.40 bits per heavy atom. The quantitative estimate of drug-likeness (QED) is 0.619. The van der Waals surface area contributed by atoms with E-state index in [1.807, 2.05) is 6.26 Å². The minimum absolute atomic E-state index is 0.0421. The highest BCUT2D eigenvalue weighted by atomic mass is 32.2. The summed E-state index contributed by atoms with van der Waals surface area (Å²) in [6.45, 7) is 1.54. The molecule has 118 valence electrons. The van der Waals surface area contributed by atoms with Gasteiger partial charge < -0.3 is 0 Å². The lowest BCUT2D eigenvalue weighted by Gasteiger charge is -2.19. The van der Waals surface area contributed by atoms with E-state index in [1.165, 1.54) is 0 Å². The van der Waals surface area contributed by atoms with Gasteiger partial charge in [0, 0.05) is 0 Å². The van der Waals surface area contributed by atoms with Gasteiger partial charge in [-0.1, -0.05) is 12.8 Å². The van der Waals surface area contributed by atoms with Crippen molar-refractivity contribution < 1.29 is 18.0 Å². The van der Waals surface area contributed by atoms with Crippen LogP contribution in [0.3, 0.4) is 0 Å². The van der Waals surface area contributed by atoms with Gasteiger partial charge in [0.2, 0.25) is 10.0 Å². The summed E-state index contributed by atoms with van der Waals surface area (Å²) >= 11 is 1.57. The van der Waals surface area contributed by atoms with Gasteiger partial charge in [0.15, 0.2) is 0 Å². The van der Waals surface area contributed by atoms with Crippen molar-refractivity contribution in [3.63, 3.8) is 0 Å². The van der Waals surface area contributed by atoms with Crippen LogP contribution in [0.4, 0.5) is 0 Å². The second kappa shape index (κ2) is 8.86. The van der Waals surface area contributed by atoms with Crippen LogP contribution in [0.5, 0.6) is 0 Å². The predicted molar refractivity (Wildman–Crippen MR) is 80.9 cm³/mol. The first-order chi connectivity index (χ1) is 9.48. The van der Waals surface area contributed by atoms with E-state index < -0.39 is 22.0 Å². The number of hydrogen-bond donors (Lipinski definition) is 2. The summed E-state index contributed by atoms with van der Waals surface area (Å²) in [7, 11) is -3.41. The Labute approximate surface area is 125 Å². The number of rotatable bonds is 9. The van der Waals surface area contributed by atoms with Gasteiger partial charge in [-0.25, -0.2) is 18.6 Å². The van der Waals surface area contributed by atoms with E-state index >= 15 is 0 Å². The zero-order chi connectivity index (χ0) is 15.0. The molecule has 1 amide bonds. The molecule has 1 fully saturated rings. The Bertz CT molecular complexity index is 394. The highest BCUT2D eigenvalue weighted by Crippen LogP contribution is 2.19. The topological polar surface area (TPSA) is 84.5 Å². The van der Waals surface area contributed by atoms with E-state index in [9.17, 15) is 13.2 Å². The van der Waals surface area contributed by atoms with Crippen molar-refractivity contribution in [3.8, 4) is 0 Å². The fourth-order valence-electron chi connectivity index (χ4n) is 2.00. The molecule has 0 heterocycles. The first-order valence-electron chi connectivity index (χ1n) is 6.93. The van der Waals surface area contributed by atoms with Crippen LogP contribution in [0.1, 0.15) is 39.0 Å². The number of amides is 1. The number of hydroxylamine groups is 1. The number of carbonyl (C=O) groups is 1. The maximum absolute atomic E-state index is 12.0. The molecule has 0 aromatic rings. The monoisotopic (exact) mass is 324 g/mol. The zero-order valence-corrected chi connectivity index (χ0v) is 13.7. The summed E-state index contributed by atoms with van der Waals surface area (Å²) in [5.74, 6) is 0.246. The third-order valence-electron chi connectivity index (χ3n) is 3.26. The minimum atomic E-state index is -3.41. The summed E-state index contributed by atoms with van der Waals surface area (Å²) in [4.78, 5) is 17.4. The average Bonchev–Trinajstić information content (AvgIpc) is 2.94. The van der Waals surface area contributed by atoms with Gasteiger partial charge in [-0.15, -0.1) is 0 Å². The molecular weight excluding hydrogens is 300 g/mol. The molecule has 0 aromatic heterocycles. The van der Waals surface area contributed by atoms with Crippen LogP contribution >= 0.6 is 11.8 Å². The zero-order valence-electron chi connectivity index (χ0n) is 12.1. The SMILES string of the molecule is CCS(=O)(=O)NC(CCSC)C(=O)NOC1CCCC1. The van der Waals surface area contributed by atoms with E-state index in [2.05, 4.69) is 10.2 Å². The van der Waals surface area contributed by atoms with E-state index in [-0.39, 0.29) is 11.9 Å². The van der Waals surface area contributed by atoms with E-state index in [4.69, 9.17) is 4.84 Å². The van der Waals surface area contributed by atoms with Crippen molar-refractivity contribution in [1.29, 1.82) is 0 Å². The minimum Gasteiger partial charge on any atom is -0.271 e. The average molecular weight is 324 g/mol. The Kier molecular flexibility index (Phi) is 7.86. The third-order valence-corrected chi connectivity index (χ3v) is 5.31. The van der Waals surface area contributed by atoms with Gasteiger partial charge in [-0.3, -0.25) is 9.63 Å². The number of nitrogens with one attached hydrogen (secondary N) is 2. The van der Waals surface area contributed by atoms with Crippen LogP contribution in [-0.2, 0) is 19.7 Å². The molecule has 1 rings (SSSR count). The predicted octanol–water partition coefficient (Wildman–Crippen LogP) is 1.04. The van der Waals surface area contributed by atoms with Crippen LogP contribution in [0, 0.1) is 0 Å². The van der Waals surface area contributed by atoms with Gasteiger partial charge in [-0.2, -0.15) is 11.8 Å². The summed E-state index contributed by atoms with van der Waals surface area (Å²) in [5.41, 5.74) is 2.41. The molecule has 1 unspecified atom stereocenters. The normalized spacial score (nSPS) is 18.1. The van der Waals surface area contributed by atoms with Crippen molar-refractivity contribution >= 4 is 27.7 Å². The molecule has 6 nitrogen and oxygen atoms in total. The maximum atomic E-state index is 12.0. The second-order valence-electron chi connectivity index (χ2n) is 4.85. The molecule has 0 radical (unpaired) electrons. The van der Waals surface area contributed by atoms with Crippen molar-refractivity contribution in [2.45, 2.75) is 51.2 Å². The molecule has 8 heteroatoms. The Hall–Kier alpha value is -0.310. The summed E-state index contributed by atoms with van der Waals surface area (Å²) in [6, 6.07) is -0.770. The molecule has 0 bridgehead atoms. The number of carbonyl (C=O) groups excluding carboxylic acids is 1. The highest BCUT2D eigenvalue weighted by Gasteiger charge is 2.25. The van der Waals surface area contributed by atoms with Crippen molar-refractivity contribution in [2.75, 3.05) is 17.8 Å². The lowest BCUT2D eigenvalue weighted by Crippen LogP contribution is -2.48. The Morgan fingerprint density at radius 2 is 2.05 bits per heavy atom. The van der Waals surface area contributed by atoms with Crippen molar-refractivity contribution in [3.05, 3.63) is 0 Å². The van der Waals surface area contributed by atoms with Gasteiger partial charge >= 0.3 is 0 Å². The molecule has 0 aliphatic heterocycles. The van der Waals surface area contributed by atoms with Gasteiger partial charge in [0.25, 0.3) is 5.91 Å². The van der Waals surface area contributed by atoms with Crippen LogP contribution in [0.25, 0.3) is 0 Å². The smallest absolute Gasteiger partial charge is 0.261 e. The Morgan fingerprint density at radius 3 is 2.60 bits per heavy atom. The van der Waals surface area contributed by atoms with Gasteiger partial charge in [0.1, 0.15) is 6.04 Å². The van der Waals surface area contributed by atoms with Crippen LogP contribution in [0.15, 0.2) is 0 Å². The maximum Gasteiger partial charge on any atom is 0.261 e. The first kappa shape index (κ1) is 17.7. The summed E-state index contributed by atoms with van der Waals surface area (Å²) in [6.07, 6.45) is 6.52. The lowest BCUT2D eigenvalue weighted by molar-refractivity contribution is -0.140. The fourth-order valence-corrected chi connectivity index (χ4v) is 3.29. The molecule has 20 heavy (non-hydrogen) atoms.